The van der Waals surface area contributed by atoms with Gasteiger partial charge in [-0.1, -0.05) is 30.7 Å². The number of nitrogens with two attached hydrogens (primary N) is 2. The van der Waals surface area contributed by atoms with Gasteiger partial charge in [0.2, 0.25) is 6.41 Å². The van der Waals surface area contributed by atoms with Gasteiger partial charge >= 0.3 is 0 Å². The average molecular weight is 344 g/mol. The van der Waals surface area contributed by atoms with E-state index in [2.05, 4.69) is 53.7 Å². The first-order valence-corrected chi connectivity index (χ1v) is 8.78. The normalized spacial score (nSPS) is 13.8. The number of nitrogens with zero attached hydrogens (tertiary/aromatic N) is 1. The summed E-state index contributed by atoms with van der Waals surface area (Å²) < 4.78 is 0. The van der Waals surface area contributed by atoms with Gasteiger partial charge < -0.3 is 5.01 Å². The van der Waals surface area contributed by atoms with Gasteiger partial charge in [0.15, 0.2) is 0 Å². The van der Waals surface area contributed by atoms with Gasteiger partial charge in [0, 0.05) is 17.5 Å². The first kappa shape index (κ1) is 18.2. The third-order valence-corrected chi connectivity index (χ3v) is 4.90. The molecule has 0 aliphatic heterocycles. The summed E-state index contributed by atoms with van der Waals surface area (Å²) in [6.45, 7) is 0. The Morgan fingerprint density at radius 2 is 2.00 bits per heavy atom. The van der Waals surface area contributed by atoms with Crippen LogP contribution >= 0.6 is 11.3 Å². The summed E-state index contributed by atoms with van der Waals surface area (Å²) in [6.07, 6.45) is 8.77. The highest BCUT2D eigenvalue weighted by Crippen LogP contribution is 2.40. The van der Waals surface area contributed by atoms with E-state index in [1.807, 2.05) is 7.05 Å². The van der Waals surface area contributed by atoms with Gasteiger partial charge in [-0.2, -0.15) is 0 Å². The molecule has 0 atom stereocenters. The van der Waals surface area contributed by atoms with Gasteiger partial charge in [-0.15, -0.1) is 11.3 Å². The van der Waals surface area contributed by atoms with E-state index in [0.29, 0.717) is 12.3 Å². The van der Waals surface area contributed by atoms with Crippen LogP contribution in [0.5, 0.6) is 0 Å². The lowest BCUT2D eigenvalue weighted by Crippen LogP contribution is -2.26. The topological polar surface area (TPSA) is 84.4 Å². The number of amides is 1. The fourth-order valence-corrected chi connectivity index (χ4v) is 3.30. The Morgan fingerprint density at radius 3 is 2.50 bits per heavy atom. The second-order valence-electron chi connectivity index (χ2n) is 5.65. The zero-order valence-electron chi connectivity index (χ0n) is 13.8. The van der Waals surface area contributed by atoms with Crippen molar-refractivity contribution in [2.24, 2.45) is 11.7 Å². The van der Waals surface area contributed by atoms with E-state index in [-0.39, 0.29) is 0 Å². The molecule has 128 valence electrons. The Morgan fingerprint density at radius 1 is 1.25 bits per heavy atom. The summed E-state index contributed by atoms with van der Waals surface area (Å²) >= 11 is 1.76. The van der Waals surface area contributed by atoms with E-state index in [1.54, 1.807) is 21.8 Å². The standard InChI is InChI=1S/C17H20N2S.CH4N2O/c1-19(18)17-9-3-8-15(13-5-2-6-13)16(17)11-10-14-7-4-12-20-14;2-3-1-4/h3-4,7-13H,2,5-6,18H2,1H3;1H,2H2,(H,3,4)/b11-10+;. The molecular formula is C18H24N4OS. The molecule has 1 aliphatic carbocycles. The number of nitrogens with one attached hydrogen (secondary N) is 1. The number of benzene rings is 1. The van der Waals surface area contributed by atoms with Gasteiger partial charge in [-0.25, -0.2) is 11.7 Å². The summed E-state index contributed by atoms with van der Waals surface area (Å²) in [7, 11) is 1.91. The van der Waals surface area contributed by atoms with E-state index in [9.17, 15) is 0 Å². The number of hydrogen-bond acceptors (Lipinski definition) is 5. The highest BCUT2D eigenvalue weighted by atomic mass is 32.1. The third-order valence-electron chi connectivity index (χ3n) is 4.07. The predicted molar refractivity (Wildman–Crippen MR) is 102 cm³/mol. The second kappa shape index (κ2) is 9.22. The fraction of sp³-hybridized carbons (Fsp3) is 0.278. The lowest BCUT2D eigenvalue weighted by atomic mass is 9.78. The molecule has 1 aromatic heterocycles. The van der Waals surface area contributed by atoms with E-state index in [4.69, 9.17) is 10.6 Å². The number of carbonyl (C=O) groups is 1. The van der Waals surface area contributed by atoms with Crippen molar-refractivity contribution in [2.75, 3.05) is 12.1 Å². The predicted octanol–water partition coefficient (Wildman–Crippen LogP) is 3.10. The van der Waals surface area contributed by atoms with Gasteiger partial charge in [-0.3, -0.25) is 10.2 Å². The number of carbonyl (C=O) groups excluding carboxylic acids is 1. The van der Waals surface area contributed by atoms with Gasteiger partial charge in [0.05, 0.1) is 5.69 Å². The minimum atomic E-state index is 0.403. The highest BCUT2D eigenvalue weighted by Gasteiger charge is 2.22. The average Bonchev–Trinajstić information content (AvgIpc) is 3.05. The smallest absolute Gasteiger partial charge is 0.221 e. The molecule has 1 aromatic carbocycles. The molecule has 2 aromatic rings. The van der Waals surface area contributed by atoms with Crippen molar-refractivity contribution in [3.05, 3.63) is 51.7 Å². The van der Waals surface area contributed by atoms with Crippen LogP contribution in [0.3, 0.4) is 0 Å². The molecular weight excluding hydrogens is 320 g/mol. The number of thiophene rings is 1. The molecule has 1 aliphatic rings. The second-order valence-corrected chi connectivity index (χ2v) is 6.63. The molecule has 1 heterocycles. The Balaban J connectivity index is 0.000000471. The summed E-state index contributed by atoms with van der Waals surface area (Å²) in [6, 6.07) is 10.7. The fourth-order valence-electron chi connectivity index (χ4n) is 2.69. The number of hydrazine groups is 2. The number of anilines is 1. The van der Waals surface area contributed by atoms with Crippen molar-refractivity contribution in [1.29, 1.82) is 0 Å². The van der Waals surface area contributed by atoms with Crippen molar-refractivity contribution in [3.63, 3.8) is 0 Å². The van der Waals surface area contributed by atoms with Crippen LogP contribution in [0.4, 0.5) is 5.69 Å². The molecule has 5 N–H and O–H groups in total. The van der Waals surface area contributed by atoms with Crippen LogP contribution < -0.4 is 22.1 Å². The van der Waals surface area contributed by atoms with Crippen molar-refractivity contribution in [3.8, 4) is 0 Å². The minimum absolute atomic E-state index is 0.403. The Labute approximate surface area is 146 Å². The molecule has 1 amide bonds. The molecule has 0 bridgehead atoms. The molecule has 1 fully saturated rings. The maximum absolute atomic E-state index is 8.94. The van der Waals surface area contributed by atoms with Gasteiger partial charge in [0.25, 0.3) is 0 Å². The zero-order chi connectivity index (χ0) is 17.4. The lowest BCUT2D eigenvalue weighted by molar-refractivity contribution is -0.109. The SMILES string of the molecule is CN(N)c1cccc(C2CCC2)c1/C=C/c1cccs1.NNC=O. The minimum Gasteiger partial charge on any atom is -0.314 e. The van der Waals surface area contributed by atoms with E-state index in [1.165, 1.54) is 35.3 Å². The van der Waals surface area contributed by atoms with Gasteiger partial charge in [-0.05, 0) is 47.9 Å². The monoisotopic (exact) mass is 344 g/mol. The molecule has 5 nitrogen and oxygen atoms in total. The Bertz CT molecular complexity index is 664. The molecule has 1 saturated carbocycles. The summed E-state index contributed by atoms with van der Waals surface area (Å²) in [5, 5.41) is 3.82. The zero-order valence-corrected chi connectivity index (χ0v) is 14.6. The van der Waals surface area contributed by atoms with Crippen LogP contribution in [0.2, 0.25) is 0 Å². The summed E-state index contributed by atoms with van der Waals surface area (Å²) in [4.78, 5) is 10.2. The largest absolute Gasteiger partial charge is 0.314 e. The lowest BCUT2D eigenvalue weighted by Gasteiger charge is -2.29. The Hall–Kier alpha value is -2.15. The van der Waals surface area contributed by atoms with Crippen molar-refractivity contribution < 1.29 is 4.79 Å². The van der Waals surface area contributed by atoms with Crippen LogP contribution in [0.1, 0.15) is 41.2 Å². The summed E-state index contributed by atoms with van der Waals surface area (Å²) in [5.41, 5.74) is 5.57. The molecule has 0 saturated heterocycles. The number of hydrogen-bond donors (Lipinski definition) is 3. The van der Waals surface area contributed by atoms with Crippen LogP contribution in [0.15, 0.2) is 35.7 Å². The van der Waals surface area contributed by atoms with Crippen molar-refractivity contribution in [2.45, 2.75) is 25.2 Å². The van der Waals surface area contributed by atoms with Crippen molar-refractivity contribution >= 4 is 35.6 Å². The van der Waals surface area contributed by atoms with Crippen LogP contribution in [-0.2, 0) is 4.79 Å². The van der Waals surface area contributed by atoms with Crippen LogP contribution in [0.25, 0.3) is 12.2 Å². The molecule has 0 radical (unpaired) electrons. The van der Waals surface area contributed by atoms with Crippen LogP contribution in [-0.4, -0.2) is 13.5 Å². The maximum Gasteiger partial charge on any atom is 0.221 e. The van der Waals surface area contributed by atoms with Gasteiger partial charge in [0.1, 0.15) is 0 Å². The maximum atomic E-state index is 8.94. The molecule has 24 heavy (non-hydrogen) atoms. The quantitative estimate of drug-likeness (QED) is 0.337. The first-order chi connectivity index (χ1) is 11.7. The third kappa shape index (κ3) is 4.67. The van der Waals surface area contributed by atoms with E-state index < -0.39 is 0 Å². The van der Waals surface area contributed by atoms with E-state index in [0.717, 1.165) is 5.69 Å². The molecule has 6 heteroatoms. The van der Waals surface area contributed by atoms with Crippen LogP contribution in [0, 0.1) is 0 Å². The number of rotatable bonds is 5. The molecule has 0 spiro atoms. The van der Waals surface area contributed by atoms with E-state index >= 15 is 0 Å². The first-order valence-electron chi connectivity index (χ1n) is 7.90. The Kier molecular flexibility index (Phi) is 6.99. The molecule has 0 unspecified atom stereocenters. The summed E-state index contributed by atoms with van der Waals surface area (Å²) in [5.74, 6) is 11.1. The highest BCUT2D eigenvalue weighted by molar-refractivity contribution is 7.10. The van der Waals surface area contributed by atoms with Crippen molar-refractivity contribution in [1.82, 2.24) is 5.43 Å². The molecule has 3 rings (SSSR count).